The molecule has 1 nitrogen and oxygen atoms in total. The summed E-state index contributed by atoms with van der Waals surface area (Å²) in [6.07, 6.45) is 0. The van der Waals surface area contributed by atoms with Crippen molar-refractivity contribution in [3.8, 4) is 0 Å². The molecule has 0 aliphatic carbocycles. The van der Waals surface area contributed by atoms with Gasteiger partial charge in [0.05, 0.1) is 0 Å². The summed E-state index contributed by atoms with van der Waals surface area (Å²) in [7, 11) is 0. The Kier molecular flexibility index (Phi) is 2.62. The lowest BCUT2D eigenvalue weighted by molar-refractivity contribution is 0.174. The van der Waals surface area contributed by atoms with Crippen LogP contribution in [0.25, 0.3) is 0 Å². The van der Waals surface area contributed by atoms with Gasteiger partial charge in [0.25, 0.3) is 0 Å². The highest BCUT2D eigenvalue weighted by atomic mass is 79.9. The fraction of sp³-hybridized carbons (Fsp3) is 0.250. The van der Waals surface area contributed by atoms with Crippen LogP contribution < -0.4 is 0 Å². The Labute approximate surface area is 73.0 Å². The Bertz CT molecular complexity index is 273. The highest BCUT2D eigenvalue weighted by molar-refractivity contribution is 9.10. The van der Waals surface area contributed by atoms with Crippen LogP contribution in [-0.2, 0) is 11.7 Å². The molecule has 0 spiro atoms. The van der Waals surface area contributed by atoms with Crippen LogP contribution in [0.3, 0.4) is 0 Å². The first-order valence-electron chi connectivity index (χ1n) is 3.17. The zero-order chi connectivity index (χ0) is 8.43. The Hall–Kier alpha value is -0.410. The minimum absolute atomic E-state index is 0.228. The van der Waals surface area contributed by atoms with E-state index in [0.717, 1.165) is 5.56 Å². The predicted molar refractivity (Wildman–Crippen MR) is 43.2 cm³/mol. The third-order valence-electron chi connectivity index (χ3n) is 1.48. The summed E-state index contributed by atoms with van der Waals surface area (Å²) in [5, 5.41) is 10.4. The van der Waals surface area contributed by atoms with Crippen LogP contribution in [0.2, 0.25) is 0 Å². The van der Waals surface area contributed by atoms with E-state index >= 15 is 0 Å². The van der Waals surface area contributed by atoms with Crippen LogP contribution in [0.5, 0.6) is 0 Å². The molecular weight excluding hydrogens is 211 g/mol. The molecule has 11 heavy (non-hydrogen) atoms. The van der Waals surface area contributed by atoms with E-state index in [9.17, 15) is 9.50 Å². The summed E-state index contributed by atoms with van der Waals surface area (Å²) >= 11 is 3.17. The predicted octanol–water partition coefficient (Wildman–Crippen LogP) is 2.83. The van der Waals surface area contributed by atoms with Crippen molar-refractivity contribution >= 4 is 15.9 Å². The topological polar surface area (TPSA) is 19.9 Å². The summed E-state index contributed by atoms with van der Waals surface area (Å²) in [5.74, 6) is -0.433. The van der Waals surface area contributed by atoms with Gasteiger partial charge in [-0.2, -0.15) is 0 Å². The maximum Gasteiger partial charge on any atom is 0.129 e. The maximum atomic E-state index is 12.8. The molecule has 1 aromatic rings. The second-order valence-corrected chi connectivity index (χ2v) is 3.19. The van der Waals surface area contributed by atoms with E-state index in [1.54, 1.807) is 6.07 Å². The van der Waals surface area contributed by atoms with Gasteiger partial charge in [-0.15, -0.1) is 0 Å². The molecule has 0 aromatic heterocycles. The van der Waals surface area contributed by atoms with Crippen LogP contribution in [0, 0.1) is 12.7 Å². The molecule has 0 fully saturated rings. The number of hydrogen-bond acceptors (Lipinski definition) is 0. The molecule has 0 heterocycles. The van der Waals surface area contributed by atoms with Gasteiger partial charge in [-0.05, 0) is 24.6 Å². The van der Waals surface area contributed by atoms with Gasteiger partial charge in [-0.1, -0.05) is 15.9 Å². The summed E-state index contributed by atoms with van der Waals surface area (Å²) < 4.78 is 13.5. The third kappa shape index (κ3) is 1.79. The minimum atomic E-state index is -0.500. The van der Waals surface area contributed by atoms with Gasteiger partial charge in [-0.3, -0.25) is 0 Å². The fourth-order valence-electron chi connectivity index (χ4n) is 0.828. The summed E-state index contributed by atoms with van der Waals surface area (Å²) in [6, 6.07) is 2.88. The molecule has 0 saturated heterocycles. The minimum Gasteiger partial charge on any atom is -0.231 e. The van der Waals surface area contributed by atoms with Crippen LogP contribution >= 0.6 is 15.9 Å². The van der Waals surface area contributed by atoms with E-state index in [1.165, 1.54) is 6.07 Å². The zero-order valence-corrected chi connectivity index (χ0v) is 7.61. The van der Waals surface area contributed by atoms with Crippen LogP contribution in [0.15, 0.2) is 16.6 Å². The molecule has 0 aliphatic rings. The van der Waals surface area contributed by atoms with Gasteiger partial charge < -0.3 is 0 Å². The van der Waals surface area contributed by atoms with Crippen molar-refractivity contribution in [3.05, 3.63) is 33.5 Å². The van der Waals surface area contributed by atoms with Gasteiger partial charge in [0.15, 0.2) is 0 Å². The zero-order valence-electron chi connectivity index (χ0n) is 6.03. The molecule has 0 N–H and O–H groups in total. The van der Waals surface area contributed by atoms with E-state index in [0.29, 0.717) is 4.47 Å². The van der Waals surface area contributed by atoms with Gasteiger partial charge in [0, 0.05) is 10.0 Å². The van der Waals surface area contributed by atoms with Gasteiger partial charge in [0.2, 0.25) is 0 Å². The van der Waals surface area contributed by atoms with Gasteiger partial charge in [-0.25, -0.2) is 9.50 Å². The largest absolute Gasteiger partial charge is 0.231 e. The Morgan fingerprint density at radius 3 is 2.73 bits per heavy atom. The molecule has 0 aliphatic heterocycles. The summed E-state index contributed by atoms with van der Waals surface area (Å²) in [4.78, 5) is 0. The molecule has 0 amide bonds. The Balaban J connectivity index is 3.21. The quantitative estimate of drug-likeness (QED) is 0.690. The Morgan fingerprint density at radius 2 is 2.18 bits per heavy atom. The number of benzene rings is 1. The lowest BCUT2D eigenvalue weighted by atomic mass is 10.1. The van der Waals surface area contributed by atoms with E-state index < -0.39 is 12.4 Å². The van der Waals surface area contributed by atoms with Gasteiger partial charge >= 0.3 is 0 Å². The van der Waals surface area contributed by atoms with Crippen LogP contribution in [0.4, 0.5) is 4.39 Å². The van der Waals surface area contributed by atoms with E-state index in [4.69, 9.17) is 0 Å². The number of halogens is 2. The first kappa shape index (κ1) is 8.68. The SMILES string of the molecule is Cc1cc(C[O])c(F)cc1Br. The van der Waals surface area contributed by atoms with Crippen LogP contribution in [-0.4, -0.2) is 0 Å². The lowest BCUT2D eigenvalue weighted by Crippen LogP contribution is -1.90. The second-order valence-electron chi connectivity index (χ2n) is 2.34. The molecule has 1 aromatic carbocycles. The lowest BCUT2D eigenvalue weighted by Gasteiger charge is -2.01. The van der Waals surface area contributed by atoms with E-state index in [1.807, 2.05) is 6.92 Å². The maximum absolute atomic E-state index is 12.8. The number of hydrogen-bond donors (Lipinski definition) is 0. The van der Waals surface area contributed by atoms with Crippen molar-refractivity contribution in [1.29, 1.82) is 0 Å². The monoisotopic (exact) mass is 217 g/mol. The molecule has 0 atom stereocenters. The normalized spacial score (nSPS) is 10.2. The standard InChI is InChI=1S/C8H7BrFO/c1-5-2-6(4-11)8(10)3-7(5)9/h2-3H,4H2,1H3. The average Bonchev–Trinajstić information content (AvgIpc) is 1.97. The van der Waals surface area contributed by atoms with E-state index in [-0.39, 0.29) is 5.56 Å². The molecule has 1 radical (unpaired) electrons. The summed E-state index contributed by atoms with van der Waals surface area (Å²) in [6.45, 7) is 1.32. The van der Waals surface area contributed by atoms with Crippen molar-refractivity contribution in [1.82, 2.24) is 0 Å². The number of aryl methyl sites for hydroxylation is 1. The fourth-order valence-corrected chi connectivity index (χ4v) is 1.14. The van der Waals surface area contributed by atoms with Crippen LogP contribution in [0.1, 0.15) is 11.1 Å². The highest BCUT2D eigenvalue weighted by Gasteiger charge is 2.04. The molecular formula is C8H7BrFO. The van der Waals surface area contributed by atoms with E-state index in [2.05, 4.69) is 15.9 Å². The Morgan fingerprint density at radius 1 is 1.55 bits per heavy atom. The average molecular weight is 218 g/mol. The molecule has 0 saturated carbocycles. The molecule has 3 heteroatoms. The van der Waals surface area contributed by atoms with Crippen molar-refractivity contribution in [2.75, 3.05) is 0 Å². The van der Waals surface area contributed by atoms with Gasteiger partial charge in [0.1, 0.15) is 12.4 Å². The summed E-state index contributed by atoms with van der Waals surface area (Å²) in [5.41, 5.74) is 1.11. The molecule has 59 valence electrons. The molecule has 0 unspecified atom stereocenters. The van der Waals surface area contributed by atoms with Crippen molar-refractivity contribution in [2.24, 2.45) is 0 Å². The molecule has 0 bridgehead atoms. The molecule has 1 rings (SSSR count). The third-order valence-corrected chi connectivity index (χ3v) is 2.34. The van der Waals surface area contributed by atoms with Crippen molar-refractivity contribution < 1.29 is 9.50 Å². The number of rotatable bonds is 1. The van der Waals surface area contributed by atoms with Crippen molar-refractivity contribution in [2.45, 2.75) is 13.5 Å². The first-order chi connectivity index (χ1) is 5.15. The highest BCUT2D eigenvalue weighted by Crippen LogP contribution is 2.20. The van der Waals surface area contributed by atoms with Crippen molar-refractivity contribution in [3.63, 3.8) is 0 Å². The first-order valence-corrected chi connectivity index (χ1v) is 3.97. The second kappa shape index (κ2) is 3.32. The smallest absolute Gasteiger partial charge is 0.129 e.